The van der Waals surface area contributed by atoms with E-state index >= 15 is 0 Å². The predicted molar refractivity (Wildman–Crippen MR) is 132 cm³/mol. The summed E-state index contributed by atoms with van der Waals surface area (Å²) in [5.41, 5.74) is 1.30. The van der Waals surface area contributed by atoms with Crippen LogP contribution in [0.1, 0.15) is 21.9 Å². The number of nitrogens with one attached hydrogen (secondary N) is 1. The molecule has 35 heavy (non-hydrogen) atoms. The monoisotopic (exact) mass is 490 g/mol. The third-order valence-electron chi connectivity index (χ3n) is 4.94. The summed E-state index contributed by atoms with van der Waals surface area (Å²) in [6.45, 7) is 2.12. The van der Waals surface area contributed by atoms with E-state index in [0.29, 0.717) is 22.1 Å². The van der Waals surface area contributed by atoms with E-state index in [1.165, 1.54) is 30.0 Å². The first-order chi connectivity index (χ1) is 16.9. The molecule has 0 bridgehead atoms. The number of ether oxygens (including phenoxy) is 2. The lowest BCUT2D eigenvalue weighted by molar-refractivity contribution is -0.385. The molecule has 0 spiro atoms. The number of furan rings is 1. The number of methoxy groups -OCH3 is 1. The van der Waals surface area contributed by atoms with Gasteiger partial charge in [-0.15, -0.1) is 0 Å². The molecule has 8 nitrogen and oxygen atoms in total. The highest BCUT2D eigenvalue weighted by atomic mass is 32.2. The normalized spacial score (nSPS) is 10.6. The molecular weight excluding hydrogens is 468 g/mol. The summed E-state index contributed by atoms with van der Waals surface area (Å²) in [6, 6.07) is 22.6. The van der Waals surface area contributed by atoms with Crippen molar-refractivity contribution in [2.45, 2.75) is 23.3 Å². The summed E-state index contributed by atoms with van der Waals surface area (Å²) in [6.07, 6.45) is 0. The third kappa shape index (κ3) is 6.42. The van der Waals surface area contributed by atoms with Gasteiger partial charge >= 0.3 is 0 Å². The van der Waals surface area contributed by atoms with Gasteiger partial charge in [-0.2, -0.15) is 0 Å². The van der Waals surface area contributed by atoms with Gasteiger partial charge in [0.25, 0.3) is 11.6 Å². The molecule has 9 heteroatoms. The maximum absolute atomic E-state index is 12.7. The van der Waals surface area contributed by atoms with Crippen LogP contribution in [0, 0.1) is 17.0 Å². The van der Waals surface area contributed by atoms with Crippen molar-refractivity contribution in [1.82, 2.24) is 0 Å². The van der Waals surface area contributed by atoms with E-state index in [0.717, 1.165) is 16.2 Å². The number of hydrogen-bond donors (Lipinski definition) is 1. The van der Waals surface area contributed by atoms with Crippen LogP contribution in [-0.2, 0) is 6.61 Å². The molecule has 0 atom stereocenters. The van der Waals surface area contributed by atoms with Crippen molar-refractivity contribution in [2.24, 2.45) is 0 Å². The maximum atomic E-state index is 12.7. The molecular formula is C26H22N2O6S. The fourth-order valence-corrected chi connectivity index (χ4v) is 4.07. The fraction of sp³-hybridized carbons (Fsp3) is 0.115. The van der Waals surface area contributed by atoms with Crippen molar-refractivity contribution >= 4 is 29.0 Å². The Morgan fingerprint density at radius 3 is 2.37 bits per heavy atom. The standard InChI is InChI=1S/C26H22N2O6S/c1-17-3-10-23(11-4-17)35-24-14-18(13-19(15-24)28(30)31)27-26(29)25-12-9-22(34-25)16-33-21-7-5-20(32-2)6-8-21/h3-15H,16H2,1-2H3,(H,27,29). The first-order valence-corrected chi connectivity index (χ1v) is 11.4. The number of amides is 1. The van der Waals surface area contributed by atoms with Gasteiger partial charge in [0.15, 0.2) is 5.76 Å². The Labute approximate surface area is 206 Å². The smallest absolute Gasteiger partial charge is 0.291 e. The SMILES string of the molecule is COc1ccc(OCc2ccc(C(=O)Nc3cc(Sc4ccc(C)cc4)cc([N+](=O)[O-])c3)o2)cc1. The topological polar surface area (TPSA) is 104 Å². The number of aryl methyl sites for hydroxylation is 1. The van der Waals surface area contributed by atoms with Gasteiger partial charge in [-0.25, -0.2) is 0 Å². The second-order valence-electron chi connectivity index (χ2n) is 7.57. The van der Waals surface area contributed by atoms with Crippen molar-refractivity contribution in [3.8, 4) is 11.5 Å². The number of rotatable bonds is 9. The van der Waals surface area contributed by atoms with E-state index < -0.39 is 10.8 Å². The molecule has 0 fully saturated rings. The van der Waals surface area contributed by atoms with Crippen LogP contribution < -0.4 is 14.8 Å². The average molecular weight is 491 g/mol. The van der Waals surface area contributed by atoms with Gasteiger partial charge in [0.1, 0.15) is 23.9 Å². The lowest BCUT2D eigenvalue weighted by Crippen LogP contribution is -2.11. The summed E-state index contributed by atoms with van der Waals surface area (Å²) in [5, 5.41) is 14.1. The minimum Gasteiger partial charge on any atom is -0.497 e. The minimum atomic E-state index is -0.521. The van der Waals surface area contributed by atoms with Crippen LogP contribution >= 0.6 is 11.8 Å². The van der Waals surface area contributed by atoms with Crippen molar-refractivity contribution in [3.05, 3.63) is 106 Å². The molecule has 0 unspecified atom stereocenters. The van der Waals surface area contributed by atoms with Crippen molar-refractivity contribution in [2.75, 3.05) is 12.4 Å². The molecule has 4 rings (SSSR count). The van der Waals surface area contributed by atoms with Gasteiger partial charge < -0.3 is 19.2 Å². The molecule has 1 N–H and O–H groups in total. The zero-order valence-corrected chi connectivity index (χ0v) is 19.8. The zero-order chi connectivity index (χ0) is 24.8. The van der Waals surface area contributed by atoms with Crippen molar-refractivity contribution in [3.63, 3.8) is 0 Å². The van der Waals surface area contributed by atoms with Crippen molar-refractivity contribution < 1.29 is 23.6 Å². The number of benzene rings is 3. The van der Waals surface area contributed by atoms with Crippen LogP contribution in [0.4, 0.5) is 11.4 Å². The summed E-state index contributed by atoms with van der Waals surface area (Å²) < 4.78 is 16.4. The molecule has 1 heterocycles. The highest BCUT2D eigenvalue weighted by Gasteiger charge is 2.16. The lowest BCUT2D eigenvalue weighted by Gasteiger charge is -2.08. The van der Waals surface area contributed by atoms with Crippen LogP contribution in [-0.4, -0.2) is 17.9 Å². The molecule has 0 saturated carbocycles. The van der Waals surface area contributed by atoms with Crippen LogP contribution in [0.25, 0.3) is 0 Å². The number of nitrogens with zero attached hydrogens (tertiary/aromatic N) is 1. The Bertz CT molecular complexity index is 1330. The second kappa shape index (κ2) is 10.8. The molecule has 3 aromatic carbocycles. The summed E-state index contributed by atoms with van der Waals surface area (Å²) in [5.74, 6) is 1.35. The zero-order valence-electron chi connectivity index (χ0n) is 19.0. The Hall–Kier alpha value is -4.24. The highest BCUT2D eigenvalue weighted by molar-refractivity contribution is 7.99. The molecule has 0 aliphatic heterocycles. The average Bonchev–Trinajstić information content (AvgIpc) is 3.34. The third-order valence-corrected chi connectivity index (χ3v) is 5.92. The number of anilines is 1. The summed E-state index contributed by atoms with van der Waals surface area (Å²) in [4.78, 5) is 25.2. The van der Waals surface area contributed by atoms with Crippen LogP contribution in [0.5, 0.6) is 11.5 Å². The molecule has 4 aromatic rings. The Morgan fingerprint density at radius 1 is 0.971 bits per heavy atom. The minimum absolute atomic E-state index is 0.0672. The van der Waals surface area contributed by atoms with Gasteiger partial charge in [0.2, 0.25) is 0 Å². The number of non-ortho nitro benzene ring substituents is 1. The Balaban J connectivity index is 1.43. The van der Waals surface area contributed by atoms with E-state index in [4.69, 9.17) is 13.9 Å². The van der Waals surface area contributed by atoms with Gasteiger partial charge in [0.05, 0.1) is 12.0 Å². The molecule has 0 saturated heterocycles. The van der Waals surface area contributed by atoms with Crippen LogP contribution in [0.15, 0.2) is 93.1 Å². The van der Waals surface area contributed by atoms with E-state index in [-0.39, 0.29) is 18.1 Å². The molecule has 1 aromatic heterocycles. The number of carbonyl (C=O) groups excluding carboxylic acids is 1. The molecule has 178 valence electrons. The summed E-state index contributed by atoms with van der Waals surface area (Å²) in [7, 11) is 1.59. The van der Waals surface area contributed by atoms with Gasteiger partial charge in [-0.3, -0.25) is 14.9 Å². The first kappa shape index (κ1) is 23.9. The summed E-state index contributed by atoms with van der Waals surface area (Å²) >= 11 is 1.37. The number of hydrogen-bond acceptors (Lipinski definition) is 7. The maximum Gasteiger partial charge on any atom is 0.291 e. The first-order valence-electron chi connectivity index (χ1n) is 10.6. The molecule has 0 radical (unpaired) electrons. The largest absolute Gasteiger partial charge is 0.497 e. The molecule has 0 aliphatic carbocycles. The molecule has 0 aliphatic rings. The van der Waals surface area contributed by atoms with E-state index in [2.05, 4.69) is 5.32 Å². The fourth-order valence-electron chi connectivity index (χ4n) is 3.16. The van der Waals surface area contributed by atoms with Crippen LogP contribution in [0.3, 0.4) is 0 Å². The van der Waals surface area contributed by atoms with Gasteiger partial charge in [-0.1, -0.05) is 29.5 Å². The Kier molecular flexibility index (Phi) is 7.37. The second-order valence-corrected chi connectivity index (χ2v) is 8.72. The van der Waals surface area contributed by atoms with Crippen LogP contribution in [0.2, 0.25) is 0 Å². The predicted octanol–water partition coefficient (Wildman–Crippen LogP) is 6.49. The number of nitro groups is 1. The number of carbonyl (C=O) groups is 1. The van der Waals surface area contributed by atoms with E-state index in [1.807, 2.05) is 31.2 Å². The van der Waals surface area contributed by atoms with Crippen molar-refractivity contribution in [1.29, 1.82) is 0 Å². The van der Waals surface area contributed by atoms with E-state index in [1.54, 1.807) is 43.5 Å². The van der Waals surface area contributed by atoms with E-state index in [9.17, 15) is 14.9 Å². The Morgan fingerprint density at radius 2 is 1.69 bits per heavy atom. The number of nitro benzene ring substituents is 1. The van der Waals surface area contributed by atoms with Gasteiger partial charge in [-0.05, 0) is 61.5 Å². The van der Waals surface area contributed by atoms with Gasteiger partial charge in [0, 0.05) is 27.6 Å². The lowest BCUT2D eigenvalue weighted by atomic mass is 10.2. The quantitative estimate of drug-likeness (QED) is 0.211. The molecule has 1 amide bonds. The highest BCUT2D eigenvalue weighted by Crippen LogP contribution is 2.33.